The number of hydrogen-bond donors (Lipinski definition) is 1. The van der Waals surface area contributed by atoms with Crippen LogP contribution in [0.4, 0.5) is 27.8 Å². The first-order chi connectivity index (χ1) is 16.2. The number of benzene rings is 3. The zero-order valence-corrected chi connectivity index (χ0v) is 17.3. The van der Waals surface area contributed by atoms with Gasteiger partial charge in [-0.3, -0.25) is 9.48 Å². The number of amides is 1. The molecule has 3 aromatic carbocycles. The minimum absolute atomic E-state index is 0.0853. The van der Waals surface area contributed by atoms with Gasteiger partial charge in [0.15, 0.2) is 5.82 Å². The molecule has 0 aliphatic heterocycles. The number of carbonyl (C=O) groups is 1. The number of rotatable bonds is 6. The summed E-state index contributed by atoms with van der Waals surface area (Å²) in [5, 5.41) is 6.24. The molecular weight excluding hydrogens is 457 g/mol. The first-order valence-corrected chi connectivity index (χ1v) is 9.92. The molecule has 1 N–H and O–H groups in total. The van der Waals surface area contributed by atoms with E-state index in [1.165, 1.54) is 24.4 Å². The van der Waals surface area contributed by atoms with Crippen LogP contribution >= 0.6 is 0 Å². The highest BCUT2D eigenvalue weighted by Gasteiger charge is 2.33. The van der Waals surface area contributed by atoms with Crippen molar-refractivity contribution in [3.05, 3.63) is 107 Å². The molecule has 5 nitrogen and oxygen atoms in total. The summed E-state index contributed by atoms with van der Waals surface area (Å²) in [7, 11) is 0. The highest BCUT2D eigenvalue weighted by atomic mass is 19.4. The highest BCUT2D eigenvalue weighted by Crippen LogP contribution is 2.35. The molecule has 0 aliphatic carbocycles. The van der Waals surface area contributed by atoms with E-state index in [-0.39, 0.29) is 23.7 Å². The Balaban J connectivity index is 1.56. The lowest BCUT2D eigenvalue weighted by atomic mass is 10.1. The highest BCUT2D eigenvalue weighted by molar-refractivity contribution is 6.04. The van der Waals surface area contributed by atoms with E-state index in [2.05, 4.69) is 10.4 Å². The smallest absolute Gasteiger partial charge is 0.416 e. The summed E-state index contributed by atoms with van der Waals surface area (Å²) in [5.74, 6) is -2.61. The maximum absolute atomic E-state index is 13.8. The van der Waals surface area contributed by atoms with Crippen LogP contribution in [0.5, 0.6) is 11.5 Å². The van der Waals surface area contributed by atoms with E-state index in [0.717, 1.165) is 28.9 Å². The predicted octanol–water partition coefficient (Wildman–Crippen LogP) is 6.27. The van der Waals surface area contributed by atoms with Gasteiger partial charge in [0.2, 0.25) is 0 Å². The number of para-hydroxylation sites is 1. The van der Waals surface area contributed by atoms with Crippen LogP contribution in [0.3, 0.4) is 0 Å². The lowest BCUT2D eigenvalue weighted by Gasteiger charge is -2.15. The molecule has 0 radical (unpaired) electrons. The van der Waals surface area contributed by atoms with Crippen molar-refractivity contribution < 1.29 is 31.5 Å². The SMILES string of the molecule is O=C(Nc1ccn(Cc2cc(Oc3ccccc3)ccc2C(F)(F)F)n1)c1c(F)cccc1F. The molecule has 0 saturated heterocycles. The quantitative estimate of drug-likeness (QED) is 0.336. The fourth-order valence-electron chi connectivity index (χ4n) is 3.25. The van der Waals surface area contributed by atoms with Crippen molar-refractivity contribution in [2.24, 2.45) is 0 Å². The first kappa shape index (κ1) is 23.0. The van der Waals surface area contributed by atoms with Crippen LogP contribution in [-0.4, -0.2) is 15.7 Å². The average molecular weight is 473 g/mol. The molecule has 0 bridgehead atoms. The van der Waals surface area contributed by atoms with Crippen LogP contribution in [-0.2, 0) is 12.7 Å². The van der Waals surface area contributed by atoms with Crippen LogP contribution in [0.15, 0.2) is 79.0 Å². The number of nitrogens with one attached hydrogen (secondary N) is 1. The summed E-state index contributed by atoms with van der Waals surface area (Å²) in [4.78, 5) is 12.2. The zero-order valence-electron chi connectivity index (χ0n) is 17.3. The number of aromatic nitrogens is 2. The third-order valence-electron chi connectivity index (χ3n) is 4.77. The molecular formula is C24H16F5N3O2. The van der Waals surface area contributed by atoms with Crippen molar-refractivity contribution in [2.75, 3.05) is 5.32 Å². The summed E-state index contributed by atoms with van der Waals surface area (Å²) < 4.78 is 75.0. The Morgan fingerprint density at radius 1 is 0.912 bits per heavy atom. The molecule has 0 unspecified atom stereocenters. The molecule has 0 fully saturated rings. The minimum Gasteiger partial charge on any atom is -0.457 e. The lowest BCUT2D eigenvalue weighted by Crippen LogP contribution is -2.16. The summed E-state index contributed by atoms with van der Waals surface area (Å²) >= 11 is 0. The van der Waals surface area contributed by atoms with Gasteiger partial charge in [-0.1, -0.05) is 24.3 Å². The third kappa shape index (κ3) is 5.22. The molecule has 1 aromatic heterocycles. The van der Waals surface area contributed by atoms with E-state index in [1.807, 2.05) is 0 Å². The molecule has 0 spiro atoms. The normalized spacial score (nSPS) is 11.3. The standard InChI is InChI=1S/C24H16F5N3O2/c25-19-7-4-8-20(26)22(19)23(33)30-21-11-12-32(31-21)14-15-13-17(9-10-18(15)24(27,28)29)34-16-5-2-1-3-6-16/h1-13H,14H2,(H,30,31,33). The van der Waals surface area contributed by atoms with Crippen LogP contribution in [0.25, 0.3) is 0 Å². The number of carbonyl (C=O) groups excluding carboxylic acids is 1. The number of nitrogens with zero attached hydrogens (tertiary/aromatic N) is 2. The maximum Gasteiger partial charge on any atom is 0.416 e. The molecule has 0 aliphatic rings. The van der Waals surface area contributed by atoms with E-state index >= 15 is 0 Å². The van der Waals surface area contributed by atoms with Gasteiger partial charge < -0.3 is 10.1 Å². The van der Waals surface area contributed by atoms with Crippen molar-refractivity contribution >= 4 is 11.7 Å². The van der Waals surface area contributed by atoms with Gasteiger partial charge in [0.1, 0.15) is 28.7 Å². The Hall–Kier alpha value is -4.21. The van der Waals surface area contributed by atoms with E-state index in [4.69, 9.17) is 4.74 Å². The Morgan fingerprint density at radius 3 is 2.29 bits per heavy atom. The number of hydrogen-bond acceptors (Lipinski definition) is 3. The van der Waals surface area contributed by atoms with Gasteiger partial charge >= 0.3 is 6.18 Å². The van der Waals surface area contributed by atoms with E-state index < -0.39 is 34.8 Å². The number of ether oxygens (including phenoxy) is 1. The Bertz CT molecular complexity index is 1300. The monoisotopic (exact) mass is 473 g/mol. The van der Waals surface area contributed by atoms with Gasteiger partial charge in [0.05, 0.1) is 12.1 Å². The van der Waals surface area contributed by atoms with Crippen LogP contribution < -0.4 is 10.1 Å². The Labute approximate surface area is 190 Å². The van der Waals surface area contributed by atoms with Crippen molar-refractivity contribution in [3.63, 3.8) is 0 Å². The zero-order chi connectivity index (χ0) is 24.3. The number of alkyl halides is 3. The summed E-state index contributed by atoms with van der Waals surface area (Å²) in [6.45, 7) is -0.301. The van der Waals surface area contributed by atoms with Gasteiger partial charge in [-0.05, 0) is 48.0 Å². The first-order valence-electron chi connectivity index (χ1n) is 9.92. The maximum atomic E-state index is 13.8. The topological polar surface area (TPSA) is 56.2 Å². The molecule has 4 rings (SSSR count). The van der Waals surface area contributed by atoms with E-state index in [9.17, 15) is 26.7 Å². The molecule has 1 heterocycles. The average Bonchev–Trinajstić information content (AvgIpc) is 3.20. The second kappa shape index (κ2) is 9.34. The van der Waals surface area contributed by atoms with Gasteiger partial charge in [0, 0.05) is 12.3 Å². The minimum atomic E-state index is -4.62. The number of anilines is 1. The molecule has 10 heteroatoms. The Morgan fingerprint density at radius 2 is 1.62 bits per heavy atom. The van der Waals surface area contributed by atoms with Crippen LogP contribution in [0.2, 0.25) is 0 Å². The molecule has 0 atom stereocenters. The van der Waals surface area contributed by atoms with Crippen molar-refractivity contribution in [1.82, 2.24) is 9.78 Å². The predicted molar refractivity (Wildman–Crippen MR) is 114 cm³/mol. The van der Waals surface area contributed by atoms with Gasteiger partial charge in [0.25, 0.3) is 5.91 Å². The Kier molecular flexibility index (Phi) is 6.31. The fourth-order valence-corrected chi connectivity index (χ4v) is 3.25. The number of halogens is 5. The lowest BCUT2D eigenvalue weighted by molar-refractivity contribution is -0.138. The van der Waals surface area contributed by atoms with Gasteiger partial charge in [-0.15, -0.1) is 0 Å². The third-order valence-corrected chi connectivity index (χ3v) is 4.77. The molecule has 0 saturated carbocycles. The van der Waals surface area contributed by atoms with Gasteiger partial charge in [-0.25, -0.2) is 8.78 Å². The summed E-state index contributed by atoms with van der Waals surface area (Å²) in [6.07, 6.45) is -3.29. The molecule has 34 heavy (non-hydrogen) atoms. The second-order valence-corrected chi connectivity index (χ2v) is 7.18. The largest absolute Gasteiger partial charge is 0.457 e. The van der Waals surface area contributed by atoms with Crippen molar-refractivity contribution in [2.45, 2.75) is 12.7 Å². The fraction of sp³-hybridized carbons (Fsp3) is 0.0833. The molecule has 4 aromatic rings. The van der Waals surface area contributed by atoms with Crippen LogP contribution in [0.1, 0.15) is 21.5 Å². The van der Waals surface area contributed by atoms with E-state index in [0.29, 0.717) is 5.75 Å². The van der Waals surface area contributed by atoms with Gasteiger partial charge in [-0.2, -0.15) is 18.3 Å². The van der Waals surface area contributed by atoms with Crippen LogP contribution in [0, 0.1) is 11.6 Å². The summed E-state index contributed by atoms with van der Waals surface area (Å²) in [6, 6.07) is 16.2. The van der Waals surface area contributed by atoms with E-state index in [1.54, 1.807) is 30.3 Å². The molecule has 1 amide bonds. The summed E-state index contributed by atoms with van der Waals surface area (Å²) in [5.41, 5.74) is -1.79. The van der Waals surface area contributed by atoms with Crippen molar-refractivity contribution in [1.29, 1.82) is 0 Å². The molecule has 174 valence electrons. The second-order valence-electron chi connectivity index (χ2n) is 7.18. The van der Waals surface area contributed by atoms with Crippen molar-refractivity contribution in [3.8, 4) is 11.5 Å².